The van der Waals surface area contributed by atoms with Crippen LogP contribution in [0.5, 0.6) is 0 Å². The highest BCUT2D eigenvalue weighted by molar-refractivity contribution is 8.18. The molecule has 0 unspecified atom stereocenters. The Labute approximate surface area is 99.9 Å². The molecule has 4 nitrogen and oxygen atoms in total. The van der Waals surface area contributed by atoms with Gasteiger partial charge in [-0.25, -0.2) is 4.39 Å². The summed E-state index contributed by atoms with van der Waals surface area (Å²) in [5.41, 5.74) is 0.368. The van der Waals surface area contributed by atoms with E-state index in [1.165, 1.54) is 18.2 Å². The van der Waals surface area contributed by atoms with Gasteiger partial charge in [-0.3, -0.25) is 19.7 Å². The average molecular weight is 251 g/mol. The number of nitrogens with one attached hydrogen (secondary N) is 1. The molecule has 0 aliphatic carbocycles. The van der Waals surface area contributed by atoms with Crippen LogP contribution in [0.3, 0.4) is 0 Å². The van der Waals surface area contributed by atoms with Gasteiger partial charge >= 0.3 is 0 Å². The monoisotopic (exact) mass is 251 g/mol. The minimum Gasteiger partial charge on any atom is -0.298 e. The van der Waals surface area contributed by atoms with Gasteiger partial charge in [-0.1, -0.05) is 6.07 Å². The first-order valence-corrected chi connectivity index (χ1v) is 5.41. The molecule has 1 heterocycles. The van der Waals surface area contributed by atoms with Crippen LogP contribution >= 0.6 is 11.8 Å². The molecule has 0 aromatic heterocycles. The predicted molar refractivity (Wildman–Crippen MR) is 60.9 cm³/mol. The van der Waals surface area contributed by atoms with Crippen molar-refractivity contribution < 1.29 is 18.8 Å². The fraction of sp³-hybridized carbons (Fsp3) is 0. The zero-order valence-corrected chi connectivity index (χ0v) is 9.21. The zero-order valence-electron chi connectivity index (χ0n) is 8.40. The second kappa shape index (κ2) is 4.50. The maximum Gasteiger partial charge on any atom is 0.290 e. The number of hydrogen-bond acceptors (Lipinski definition) is 4. The van der Waals surface area contributed by atoms with E-state index in [9.17, 15) is 18.8 Å². The van der Waals surface area contributed by atoms with E-state index in [0.717, 1.165) is 17.8 Å². The molecule has 17 heavy (non-hydrogen) atoms. The number of benzene rings is 1. The van der Waals surface area contributed by atoms with E-state index in [-0.39, 0.29) is 10.5 Å². The molecule has 1 aliphatic heterocycles. The van der Waals surface area contributed by atoms with Crippen molar-refractivity contribution in [3.8, 4) is 0 Å². The summed E-state index contributed by atoms with van der Waals surface area (Å²) in [7, 11) is 0. The molecule has 0 spiro atoms. The Balaban J connectivity index is 2.33. The van der Waals surface area contributed by atoms with Gasteiger partial charge < -0.3 is 0 Å². The summed E-state index contributed by atoms with van der Waals surface area (Å²) in [6, 6.07) is 3.94. The molecule has 1 aromatic rings. The van der Waals surface area contributed by atoms with Crippen LogP contribution in [0.25, 0.3) is 6.08 Å². The maximum absolute atomic E-state index is 13.3. The number of carbonyl (C=O) groups excluding carboxylic acids is 3. The lowest BCUT2D eigenvalue weighted by molar-refractivity contribution is -0.115. The predicted octanol–water partition coefficient (Wildman–Crippen LogP) is 1.96. The van der Waals surface area contributed by atoms with Crippen LogP contribution in [-0.4, -0.2) is 17.4 Å². The van der Waals surface area contributed by atoms with Crippen molar-refractivity contribution in [1.82, 2.24) is 5.32 Å². The topological polar surface area (TPSA) is 63.2 Å². The van der Waals surface area contributed by atoms with Crippen molar-refractivity contribution in [1.29, 1.82) is 0 Å². The molecular weight excluding hydrogens is 245 g/mol. The van der Waals surface area contributed by atoms with E-state index in [2.05, 4.69) is 5.32 Å². The van der Waals surface area contributed by atoms with Crippen LogP contribution in [0.4, 0.5) is 9.18 Å². The van der Waals surface area contributed by atoms with Gasteiger partial charge in [0, 0.05) is 0 Å². The molecule has 6 heteroatoms. The van der Waals surface area contributed by atoms with Crippen molar-refractivity contribution >= 4 is 35.3 Å². The fourth-order valence-corrected chi connectivity index (χ4v) is 1.98. The highest BCUT2D eigenvalue weighted by Gasteiger charge is 2.24. The van der Waals surface area contributed by atoms with Crippen molar-refractivity contribution in [2.45, 2.75) is 0 Å². The summed E-state index contributed by atoms with van der Waals surface area (Å²) in [5.74, 6) is -1.16. The van der Waals surface area contributed by atoms with Crippen LogP contribution in [0, 0.1) is 5.82 Å². The fourth-order valence-electron chi connectivity index (χ4n) is 1.30. The quantitative estimate of drug-likeness (QED) is 0.644. The number of aldehydes is 1. The Kier molecular flexibility index (Phi) is 3.06. The molecule has 1 aliphatic rings. The largest absolute Gasteiger partial charge is 0.298 e. The smallest absolute Gasteiger partial charge is 0.290 e. The number of thioether (sulfide) groups is 1. The molecule has 1 aromatic carbocycles. The van der Waals surface area contributed by atoms with Gasteiger partial charge in [0.1, 0.15) is 5.82 Å². The van der Waals surface area contributed by atoms with E-state index in [1.807, 2.05) is 0 Å². The Morgan fingerprint density at radius 1 is 1.29 bits per heavy atom. The van der Waals surface area contributed by atoms with Crippen LogP contribution < -0.4 is 5.32 Å². The first-order valence-electron chi connectivity index (χ1n) is 4.60. The Hall–Kier alpha value is -1.95. The Morgan fingerprint density at radius 2 is 2.06 bits per heavy atom. The van der Waals surface area contributed by atoms with E-state index >= 15 is 0 Å². The minimum atomic E-state index is -0.663. The third-order valence-corrected chi connectivity index (χ3v) is 2.90. The normalized spacial score (nSPS) is 17.4. The number of amides is 2. The van der Waals surface area contributed by atoms with E-state index < -0.39 is 17.0 Å². The average Bonchev–Trinajstić information content (AvgIpc) is 2.58. The molecule has 0 radical (unpaired) electrons. The zero-order chi connectivity index (χ0) is 12.4. The van der Waals surface area contributed by atoms with Gasteiger partial charge in [-0.2, -0.15) is 0 Å². The summed E-state index contributed by atoms with van der Waals surface area (Å²) >= 11 is 0.754. The number of rotatable bonds is 2. The van der Waals surface area contributed by atoms with Gasteiger partial charge in [0.15, 0.2) is 6.29 Å². The third-order valence-electron chi connectivity index (χ3n) is 2.09. The second-order valence-corrected chi connectivity index (χ2v) is 4.27. The van der Waals surface area contributed by atoms with Crippen molar-refractivity contribution in [3.05, 3.63) is 40.0 Å². The van der Waals surface area contributed by atoms with Gasteiger partial charge in [0.25, 0.3) is 11.1 Å². The number of carbonyl (C=O) groups is 3. The van der Waals surface area contributed by atoms with Crippen LogP contribution in [0.2, 0.25) is 0 Å². The summed E-state index contributed by atoms with van der Waals surface area (Å²) in [4.78, 5) is 32.7. The van der Waals surface area contributed by atoms with Gasteiger partial charge in [-0.15, -0.1) is 0 Å². The molecule has 1 fully saturated rings. The molecule has 2 rings (SSSR count). The second-order valence-electron chi connectivity index (χ2n) is 3.25. The van der Waals surface area contributed by atoms with Crippen molar-refractivity contribution in [2.75, 3.05) is 0 Å². The highest BCUT2D eigenvalue weighted by atomic mass is 32.2. The highest BCUT2D eigenvalue weighted by Crippen LogP contribution is 2.25. The third kappa shape index (κ3) is 2.42. The first kappa shape index (κ1) is 11.5. The van der Waals surface area contributed by atoms with Crippen LogP contribution in [0.15, 0.2) is 23.1 Å². The molecule has 1 N–H and O–H groups in total. The van der Waals surface area contributed by atoms with Crippen molar-refractivity contribution in [3.63, 3.8) is 0 Å². The lowest BCUT2D eigenvalue weighted by Crippen LogP contribution is -2.17. The molecule has 0 saturated carbocycles. The molecule has 2 amide bonds. The molecule has 0 atom stereocenters. The van der Waals surface area contributed by atoms with Gasteiger partial charge in [0.05, 0.1) is 10.5 Å². The molecule has 86 valence electrons. The summed E-state index contributed by atoms with van der Waals surface area (Å²) in [5, 5.41) is 1.64. The summed E-state index contributed by atoms with van der Waals surface area (Å²) < 4.78 is 13.3. The van der Waals surface area contributed by atoms with E-state index in [0.29, 0.717) is 11.8 Å². The molecular formula is C11H6FNO3S. The number of imide groups is 1. The number of hydrogen-bond donors (Lipinski definition) is 1. The lowest BCUT2D eigenvalue weighted by Gasteiger charge is -1.97. The summed E-state index contributed by atoms with van der Waals surface area (Å²) in [6.45, 7) is 0. The molecule has 1 saturated heterocycles. The standard InChI is InChI=1S/C11H6FNO3S/c12-8-3-6(1-2-7(8)5-14)4-9-10(15)13-11(16)17-9/h1-5H,(H,13,15,16). The molecule has 0 bridgehead atoms. The maximum atomic E-state index is 13.3. The lowest BCUT2D eigenvalue weighted by atomic mass is 10.1. The minimum absolute atomic E-state index is 0.0493. The van der Waals surface area contributed by atoms with Gasteiger partial charge in [-0.05, 0) is 35.5 Å². The Morgan fingerprint density at radius 3 is 2.59 bits per heavy atom. The SMILES string of the molecule is O=Cc1ccc(C=C2SC(=O)NC2=O)cc1F. The van der Waals surface area contributed by atoms with E-state index in [4.69, 9.17) is 0 Å². The van der Waals surface area contributed by atoms with E-state index in [1.54, 1.807) is 0 Å². The van der Waals surface area contributed by atoms with Crippen LogP contribution in [0.1, 0.15) is 15.9 Å². The van der Waals surface area contributed by atoms with Crippen LogP contribution in [-0.2, 0) is 4.79 Å². The number of halogens is 1. The first-order chi connectivity index (χ1) is 8.10. The van der Waals surface area contributed by atoms with Crippen molar-refractivity contribution in [2.24, 2.45) is 0 Å². The van der Waals surface area contributed by atoms with Gasteiger partial charge in [0.2, 0.25) is 0 Å². The summed E-state index contributed by atoms with van der Waals surface area (Å²) in [6.07, 6.45) is 1.80. The Bertz CT molecular complexity index is 554.